The van der Waals surface area contributed by atoms with Gasteiger partial charge in [-0.25, -0.2) is 14.8 Å². The van der Waals surface area contributed by atoms with Crippen molar-refractivity contribution in [3.63, 3.8) is 0 Å². The first-order valence-electron chi connectivity index (χ1n) is 4.00. The maximum atomic E-state index is 11.1. The minimum absolute atomic E-state index is 0.182. The molecule has 0 saturated heterocycles. The van der Waals surface area contributed by atoms with E-state index in [-0.39, 0.29) is 5.69 Å². The molecule has 0 unspecified atom stereocenters. The van der Waals surface area contributed by atoms with Crippen molar-refractivity contribution in [3.05, 3.63) is 17.6 Å². The first kappa shape index (κ1) is 8.61. The summed E-state index contributed by atoms with van der Waals surface area (Å²) in [5.74, 6) is 0.131. The van der Waals surface area contributed by atoms with Crippen LogP contribution in [0.1, 0.15) is 16.2 Å². The number of methoxy groups -OCH3 is 1. The lowest BCUT2D eigenvalue weighted by Crippen LogP contribution is -2.14. The van der Waals surface area contributed by atoms with Crippen molar-refractivity contribution in [2.45, 2.75) is 0 Å². The first-order valence-corrected chi connectivity index (χ1v) is 4.00. The van der Waals surface area contributed by atoms with Crippen LogP contribution in [0.5, 0.6) is 0 Å². The highest BCUT2D eigenvalue weighted by atomic mass is 16.5. The Labute approximate surface area is 80.0 Å². The second kappa shape index (κ2) is 3.41. The molecule has 0 atom stereocenters. The quantitative estimate of drug-likeness (QED) is 0.637. The molecule has 0 fully saturated rings. The Morgan fingerprint density at radius 2 is 2.50 bits per heavy atom. The van der Waals surface area contributed by atoms with Gasteiger partial charge in [-0.2, -0.15) is 0 Å². The van der Waals surface area contributed by atoms with Crippen molar-refractivity contribution in [1.29, 1.82) is 0 Å². The predicted molar refractivity (Wildman–Crippen MR) is 49.5 cm³/mol. The monoisotopic (exact) mass is 192 g/mol. The van der Waals surface area contributed by atoms with Crippen LogP contribution in [0.4, 0.5) is 5.82 Å². The number of hydrogen-bond acceptors (Lipinski definition) is 6. The molecule has 1 aliphatic rings. The van der Waals surface area contributed by atoms with Gasteiger partial charge in [-0.05, 0) is 0 Å². The molecule has 14 heavy (non-hydrogen) atoms. The van der Waals surface area contributed by atoms with Crippen LogP contribution in [0, 0.1) is 0 Å². The molecule has 6 heteroatoms. The zero-order valence-corrected chi connectivity index (χ0v) is 7.52. The predicted octanol–water partition coefficient (Wildman–Crippen LogP) is 0.0651. The number of rotatable bonds is 1. The van der Waals surface area contributed by atoms with E-state index in [1.807, 2.05) is 0 Å². The zero-order valence-electron chi connectivity index (χ0n) is 7.52. The summed E-state index contributed by atoms with van der Waals surface area (Å²) in [5, 5.41) is 2.92. The van der Waals surface area contributed by atoms with E-state index in [1.165, 1.54) is 13.3 Å². The largest absolute Gasteiger partial charge is 0.464 e. The average molecular weight is 192 g/mol. The fraction of sp³-hybridized carbons (Fsp3) is 0.250. The summed E-state index contributed by atoms with van der Waals surface area (Å²) >= 11 is 0. The highest BCUT2D eigenvalue weighted by molar-refractivity contribution is 5.90. The average Bonchev–Trinajstić information content (AvgIpc) is 2.27. The second-order valence-corrected chi connectivity index (χ2v) is 2.63. The first-order chi connectivity index (χ1) is 6.81. The summed E-state index contributed by atoms with van der Waals surface area (Å²) in [6, 6.07) is 0. The van der Waals surface area contributed by atoms with Gasteiger partial charge in [-0.15, -0.1) is 0 Å². The summed E-state index contributed by atoms with van der Waals surface area (Å²) in [7, 11) is 1.30. The van der Waals surface area contributed by atoms with Gasteiger partial charge in [0.15, 0.2) is 11.5 Å². The Morgan fingerprint density at radius 1 is 1.64 bits per heavy atom. The molecule has 0 radical (unpaired) electrons. The number of nitrogens with zero attached hydrogens (tertiary/aromatic N) is 3. The molecule has 0 aliphatic carbocycles. The van der Waals surface area contributed by atoms with Crippen molar-refractivity contribution in [2.24, 2.45) is 4.99 Å². The molecule has 1 N–H and O–H groups in total. The fourth-order valence-electron chi connectivity index (χ4n) is 1.09. The molecule has 1 aromatic rings. The van der Waals surface area contributed by atoms with Crippen LogP contribution in [-0.2, 0) is 4.74 Å². The number of anilines is 1. The standard InChI is InChI=1S/C8H8N4O2/c1-14-8(13)6-3-10-7-5(12-6)2-9-4-11-7/h2-3H,4H2,1H3,(H,10,11). The molecule has 0 aromatic carbocycles. The molecule has 6 nitrogen and oxygen atoms in total. The number of fused-ring (bicyclic) bond motifs is 1. The molecule has 72 valence electrons. The van der Waals surface area contributed by atoms with Crippen LogP contribution in [0.3, 0.4) is 0 Å². The van der Waals surface area contributed by atoms with Crippen LogP contribution in [-0.4, -0.2) is 35.9 Å². The van der Waals surface area contributed by atoms with Crippen LogP contribution >= 0.6 is 0 Å². The molecule has 0 bridgehead atoms. The lowest BCUT2D eigenvalue weighted by molar-refractivity contribution is 0.0593. The summed E-state index contributed by atoms with van der Waals surface area (Å²) in [5.41, 5.74) is 0.737. The fourth-order valence-corrected chi connectivity index (χ4v) is 1.09. The van der Waals surface area contributed by atoms with Crippen molar-refractivity contribution in [2.75, 3.05) is 19.1 Å². The van der Waals surface area contributed by atoms with Gasteiger partial charge in [0.05, 0.1) is 19.5 Å². The van der Waals surface area contributed by atoms with Crippen LogP contribution in [0.25, 0.3) is 0 Å². The normalized spacial score (nSPS) is 12.9. The third-order valence-corrected chi connectivity index (χ3v) is 1.75. The zero-order chi connectivity index (χ0) is 9.97. The molecule has 0 spiro atoms. The third-order valence-electron chi connectivity index (χ3n) is 1.75. The van der Waals surface area contributed by atoms with Gasteiger partial charge in [0.1, 0.15) is 12.4 Å². The maximum absolute atomic E-state index is 11.1. The van der Waals surface area contributed by atoms with E-state index in [2.05, 4.69) is 25.0 Å². The van der Waals surface area contributed by atoms with E-state index in [1.54, 1.807) is 6.21 Å². The number of carbonyl (C=O) groups is 1. The lowest BCUT2D eigenvalue weighted by Gasteiger charge is -2.10. The van der Waals surface area contributed by atoms with Gasteiger partial charge in [0.25, 0.3) is 0 Å². The topological polar surface area (TPSA) is 76.5 Å². The smallest absolute Gasteiger partial charge is 0.358 e. The van der Waals surface area contributed by atoms with Crippen LogP contribution in [0.2, 0.25) is 0 Å². The maximum Gasteiger partial charge on any atom is 0.358 e. The van der Waals surface area contributed by atoms with Crippen LogP contribution in [0.15, 0.2) is 11.2 Å². The van der Waals surface area contributed by atoms with Gasteiger partial charge in [-0.3, -0.25) is 4.99 Å². The Morgan fingerprint density at radius 3 is 3.29 bits per heavy atom. The Kier molecular flexibility index (Phi) is 2.10. The van der Waals surface area contributed by atoms with E-state index in [0.29, 0.717) is 18.2 Å². The highest BCUT2D eigenvalue weighted by Crippen LogP contribution is 2.11. The summed E-state index contributed by atoms with van der Waals surface area (Å²) in [4.78, 5) is 23.1. The number of aromatic nitrogens is 2. The Bertz CT molecular complexity index is 402. The van der Waals surface area contributed by atoms with E-state index < -0.39 is 5.97 Å². The SMILES string of the molecule is COC(=O)c1cnc2c(n1)C=NCN2. The van der Waals surface area contributed by atoms with Crippen molar-refractivity contribution in [1.82, 2.24) is 9.97 Å². The number of hydrogen-bond donors (Lipinski definition) is 1. The van der Waals surface area contributed by atoms with Crippen molar-refractivity contribution < 1.29 is 9.53 Å². The summed E-state index contributed by atoms with van der Waals surface area (Å²) in [6.45, 7) is 0.485. The highest BCUT2D eigenvalue weighted by Gasteiger charge is 2.13. The number of aliphatic imine (C=N–C) groups is 1. The molecule has 0 amide bonds. The van der Waals surface area contributed by atoms with Crippen LogP contribution < -0.4 is 5.32 Å². The van der Waals surface area contributed by atoms with Gasteiger partial charge in [0.2, 0.25) is 0 Å². The molecule has 1 aromatic heterocycles. The number of ether oxygens (including phenoxy) is 1. The summed E-state index contributed by atoms with van der Waals surface area (Å²) in [6.07, 6.45) is 2.95. The van der Waals surface area contributed by atoms with E-state index >= 15 is 0 Å². The van der Waals surface area contributed by atoms with Crippen molar-refractivity contribution in [3.8, 4) is 0 Å². The molecule has 2 heterocycles. The lowest BCUT2D eigenvalue weighted by atomic mass is 10.3. The Balaban J connectivity index is 2.40. The molecule has 0 saturated carbocycles. The summed E-state index contributed by atoms with van der Waals surface area (Å²) < 4.78 is 4.52. The molecule has 2 rings (SSSR count). The van der Waals surface area contributed by atoms with Gasteiger partial charge < -0.3 is 10.1 Å². The Hall–Kier alpha value is -1.98. The van der Waals surface area contributed by atoms with Crippen molar-refractivity contribution >= 4 is 18.0 Å². The number of nitrogens with one attached hydrogen (secondary N) is 1. The van der Waals surface area contributed by atoms with E-state index in [0.717, 1.165) is 0 Å². The second-order valence-electron chi connectivity index (χ2n) is 2.63. The number of esters is 1. The minimum atomic E-state index is -0.501. The minimum Gasteiger partial charge on any atom is -0.464 e. The third kappa shape index (κ3) is 1.41. The van der Waals surface area contributed by atoms with Gasteiger partial charge >= 0.3 is 5.97 Å². The van der Waals surface area contributed by atoms with E-state index in [4.69, 9.17) is 0 Å². The van der Waals surface area contributed by atoms with E-state index in [9.17, 15) is 4.79 Å². The molecular weight excluding hydrogens is 184 g/mol. The van der Waals surface area contributed by atoms with Gasteiger partial charge in [-0.1, -0.05) is 0 Å². The van der Waals surface area contributed by atoms with Gasteiger partial charge in [0, 0.05) is 0 Å². The molecule has 1 aliphatic heterocycles. The molecular formula is C8H8N4O2. The number of carbonyl (C=O) groups excluding carboxylic acids is 1.